The van der Waals surface area contributed by atoms with Crippen molar-refractivity contribution in [3.05, 3.63) is 68.8 Å². The van der Waals surface area contributed by atoms with Gasteiger partial charge in [0.2, 0.25) is 0 Å². The summed E-state index contributed by atoms with van der Waals surface area (Å²) in [7, 11) is 0. The Morgan fingerprint density at radius 1 is 1.37 bits per heavy atom. The number of hydrogen-bond acceptors (Lipinski definition) is 6. The van der Waals surface area contributed by atoms with Gasteiger partial charge in [0.15, 0.2) is 6.61 Å². The second-order valence-corrected chi connectivity index (χ2v) is 6.65. The number of hydrogen-bond donors (Lipinski definition) is 1. The van der Waals surface area contributed by atoms with Gasteiger partial charge < -0.3 is 10.1 Å². The molecular formula is C19H15BrN4O3. The molecule has 3 rings (SSSR count). The lowest BCUT2D eigenvalue weighted by molar-refractivity contribution is -0.384. The van der Waals surface area contributed by atoms with Crippen LogP contribution in [0.5, 0.6) is 5.75 Å². The van der Waals surface area contributed by atoms with Crippen molar-refractivity contribution in [2.45, 2.75) is 13.0 Å². The van der Waals surface area contributed by atoms with Crippen molar-refractivity contribution in [3.63, 3.8) is 0 Å². The summed E-state index contributed by atoms with van der Waals surface area (Å²) in [5, 5.41) is 24.1. The Morgan fingerprint density at radius 3 is 2.78 bits per heavy atom. The van der Waals surface area contributed by atoms with Crippen LogP contribution in [0.4, 0.5) is 11.4 Å². The Kier molecular flexibility index (Phi) is 5.52. The predicted octanol–water partition coefficient (Wildman–Crippen LogP) is 4.98. The third-order valence-corrected chi connectivity index (χ3v) is 4.67. The number of ether oxygens (including phenoxy) is 1. The number of aromatic nitrogens is 1. The first-order valence-corrected chi connectivity index (χ1v) is 8.88. The van der Waals surface area contributed by atoms with Gasteiger partial charge in [0.1, 0.15) is 23.7 Å². The normalized spacial score (nSPS) is 11.6. The molecule has 7 nitrogen and oxygen atoms in total. The minimum atomic E-state index is -0.468. The van der Waals surface area contributed by atoms with Crippen LogP contribution in [0, 0.1) is 21.4 Å². The van der Waals surface area contributed by atoms with Crippen molar-refractivity contribution in [1.29, 1.82) is 5.26 Å². The average Bonchev–Trinajstić information content (AvgIpc) is 2.67. The quantitative estimate of drug-likeness (QED) is 0.440. The van der Waals surface area contributed by atoms with Gasteiger partial charge in [-0.25, -0.2) is 4.98 Å². The SMILES string of the molecule is CC(Nc1c([N+](=O)[O-])cnc2cc(Br)c(OCC#N)cc12)c1ccccc1. The van der Waals surface area contributed by atoms with Crippen LogP contribution in [0.3, 0.4) is 0 Å². The van der Waals surface area contributed by atoms with Crippen LogP contribution in [0.2, 0.25) is 0 Å². The number of benzene rings is 2. The molecule has 2 aromatic carbocycles. The standard InChI is InChI=1S/C19H15BrN4O3/c1-12(13-5-3-2-4-6-13)23-19-14-9-18(27-8-7-21)15(20)10-16(14)22-11-17(19)24(25)26/h2-6,9-12H,8H2,1H3,(H,22,23). The van der Waals surface area contributed by atoms with Gasteiger partial charge in [-0.2, -0.15) is 5.26 Å². The minimum Gasteiger partial charge on any atom is -0.478 e. The lowest BCUT2D eigenvalue weighted by Gasteiger charge is -2.18. The Labute approximate surface area is 163 Å². The molecule has 0 amide bonds. The summed E-state index contributed by atoms with van der Waals surface area (Å²) in [6.07, 6.45) is 1.24. The smallest absolute Gasteiger partial charge is 0.311 e. The monoisotopic (exact) mass is 426 g/mol. The molecule has 3 aromatic rings. The number of pyridine rings is 1. The molecule has 1 N–H and O–H groups in total. The van der Waals surface area contributed by atoms with E-state index in [4.69, 9.17) is 10.00 Å². The van der Waals surface area contributed by atoms with Crippen molar-refractivity contribution in [2.24, 2.45) is 0 Å². The van der Waals surface area contributed by atoms with E-state index >= 15 is 0 Å². The molecule has 8 heteroatoms. The molecule has 1 unspecified atom stereocenters. The van der Waals surface area contributed by atoms with E-state index in [1.165, 1.54) is 6.20 Å². The fourth-order valence-corrected chi connectivity index (χ4v) is 3.18. The summed E-state index contributed by atoms with van der Waals surface area (Å²) in [4.78, 5) is 15.3. The van der Waals surface area contributed by atoms with Crippen LogP contribution in [-0.4, -0.2) is 16.5 Å². The third kappa shape index (κ3) is 3.99. The summed E-state index contributed by atoms with van der Waals surface area (Å²) in [5.41, 5.74) is 1.80. The Balaban J connectivity index is 2.13. The zero-order valence-corrected chi connectivity index (χ0v) is 15.9. The summed E-state index contributed by atoms with van der Waals surface area (Å²) in [6, 6.07) is 14.7. The number of anilines is 1. The second-order valence-electron chi connectivity index (χ2n) is 5.80. The summed E-state index contributed by atoms with van der Waals surface area (Å²) < 4.78 is 6.02. The van der Waals surface area contributed by atoms with Crippen LogP contribution >= 0.6 is 15.9 Å². The van der Waals surface area contributed by atoms with Crippen LogP contribution in [0.1, 0.15) is 18.5 Å². The first kappa shape index (κ1) is 18.6. The van der Waals surface area contributed by atoms with Crippen molar-refractivity contribution < 1.29 is 9.66 Å². The van der Waals surface area contributed by atoms with E-state index in [2.05, 4.69) is 26.2 Å². The highest BCUT2D eigenvalue weighted by Crippen LogP contribution is 2.38. The van der Waals surface area contributed by atoms with Gasteiger partial charge in [0.25, 0.3) is 0 Å². The fourth-order valence-electron chi connectivity index (χ4n) is 2.74. The average molecular weight is 427 g/mol. The molecule has 0 bridgehead atoms. The molecular weight excluding hydrogens is 412 g/mol. The molecule has 1 aromatic heterocycles. The van der Waals surface area contributed by atoms with Crippen LogP contribution in [-0.2, 0) is 0 Å². The first-order valence-electron chi connectivity index (χ1n) is 8.09. The van der Waals surface area contributed by atoms with Crippen molar-refractivity contribution in [1.82, 2.24) is 4.98 Å². The highest BCUT2D eigenvalue weighted by atomic mass is 79.9. The number of nitro groups is 1. The van der Waals surface area contributed by atoms with E-state index in [0.29, 0.717) is 26.8 Å². The Morgan fingerprint density at radius 2 is 2.11 bits per heavy atom. The van der Waals surface area contributed by atoms with Gasteiger partial charge in [-0.05, 0) is 40.5 Å². The second kappa shape index (κ2) is 8.01. The number of halogens is 1. The van der Waals surface area contributed by atoms with E-state index in [-0.39, 0.29) is 18.3 Å². The number of nitrogens with one attached hydrogen (secondary N) is 1. The molecule has 0 aliphatic carbocycles. The minimum absolute atomic E-state index is 0.126. The van der Waals surface area contributed by atoms with E-state index in [0.717, 1.165) is 5.56 Å². The van der Waals surface area contributed by atoms with Crippen LogP contribution < -0.4 is 10.1 Å². The maximum Gasteiger partial charge on any atom is 0.311 e. The van der Waals surface area contributed by atoms with E-state index in [1.54, 1.807) is 12.1 Å². The van der Waals surface area contributed by atoms with E-state index in [9.17, 15) is 10.1 Å². The third-order valence-electron chi connectivity index (χ3n) is 4.05. The van der Waals surface area contributed by atoms with Crippen molar-refractivity contribution >= 4 is 38.2 Å². The fraction of sp³-hybridized carbons (Fsp3) is 0.158. The van der Waals surface area contributed by atoms with Crippen molar-refractivity contribution in [2.75, 3.05) is 11.9 Å². The molecule has 27 heavy (non-hydrogen) atoms. The highest BCUT2D eigenvalue weighted by Gasteiger charge is 2.21. The van der Waals surface area contributed by atoms with Gasteiger partial charge in [-0.1, -0.05) is 30.3 Å². The first-order chi connectivity index (χ1) is 13.0. The summed E-state index contributed by atoms with van der Waals surface area (Å²) in [5.74, 6) is 0.418. The number of nitrogens with zero attached hydrogens (tertiary/aromatic N) is 3. The lowest BCUT2D eigenvalue weighted by Crippen LogP contribution is -2.09. The lowest BCUT2D eigenvalue weighted by atomic mass is 10.1. The molecule has 0 spiro atoms. The van der Waals surface area contributed by atoms with Crippen LogP contribution in [0.15, 0.2) is 53.1 Å². The zero-order chi connectivity index (χ0) is 19.4. The highest BCUT2D eigenvalue weighted by molar-refractivity contribution is 9.10. The van der Waals surface area contributed by atoms with Crippen molar-refractivity contribution in [3.8, 4) is 11.8 Å². The summed E-state index contributed by atoms with van der Waals surface area (Å²) >= 11 is 3.38. The van der Waals surface area contributed by atoms with E-state index in [1.807, 2.05) is 43.3 Å². The summed E-state index contributed by atoms with van der Waals surface area (Å²) in [6.45, 7) is 1.80. The number of fused-ring (bicyclic) bond motifs is 1. The molecule has 0 saturated heterocycles. The molecule has 1 atom stereocenters. The van der Waals surface area contributed by atoms with E-state index < -0.39 is 4.92 Å². The van der Waals surface area contributed by atoms with Gasteiger partial charge in [-0.3, -0.25) is 10.1 Å². The molecule has 0 radical (unpaired) electrons. The largest absolute Gasteiger partial charge is 0.478 e. The molecule has 0 saturated carbocycles. The van der Waals surface area contributed by atoms with Crippen LogP contribution in [0.25, 0.3) is 10.9 Å². The topological polar surface area (TPSA) is 101 Å². The molecule has 1 heterocycles. The maximum atomic E-state index is 11.5. The molecule has 0 fully saturated rings. The number of rotatable bonds is 6. The Bertz CT molecular complexity index is 1030. The zero-order valence-electron chi connectivity index (χ0n) is 14.3. The predicted molar refractivity (Wildman–Crippen MR) is 106 cm³/mol. The van der Waals surface area contributed by atoms with Gasteiger partial charge in [0, 0.05) is 11.4 Å². The molecule has 136 valence electrons. The molecule has 0 aliphatic heterocycles. The number of nitriles is 1. The molecule has 0 aliphatic rings. The Hall–Kier alpha value is -3.18. The maximum absolute atomic E-state index is 11.5. The van der Waals surface area contributed by atoms with Gasteiger partial charge in [-0.15, -0.1) is 0 Å². The van der Waals surface area contributed by atoms with Gasteiger partial charge >= 0.3 is 5.69 Å². The van der Waals surface area contributed by atoms with Gasteiger partial charge in [0.05, 0.1) is 14.9 Å².